The van der Waals surface area contributed by atoms with Crippen molar-refractivity contribution in [2.75, 3.05) is 6.61 Å². The van der Waals surface area contributed by atoms with E-state index in [0.29, 0.717) is 5.92 Å². The van der Waals surface area contributed by atoms with Crippen LogP contribution in [-0.2, 0) is 4.79 Å². The molecular weight excluding hydrogens is 228 g/mol. The minimum atomic E-state index is -0.512. The van der Waals surface area contributed by atoms with Gasteiger partial charge in [-0.2, -0.15) is 0 Å². The Kier molecular flexibility index (Phi) is 2.36. The molecule has 0 radical (unpaired) electrons. The molecule has 6 atom stereocenters. The third-order valence-corrected chi connectivity index (χ3v) is 6.41. The van der Waals surface area contributed by atoms with E-state index in [1.807, 2.05) is 0 Å². The Balaban J connectivity index is 2.01. The van der Waals surface area contributed by atoms with Gasteiger partial charge < -0.3 is 15.0 Å². The van der Waals surface area contributed by atoms with E-state index in [0.717, 1.165) is 25.5 Å². The molecule has 3 aliphatic carbocycles. The Morgan fingerprint density at radius 2 is 1.94 bits per heavy atom. The molecule has 102 valence electrons. The van der Waals surface area contributed by atoms with Gasteiger partial charge in [0.15, 0.2) is 0 Å². The van der Waals surface area contributed by atoms with E-state index in [-0.39, 0.29) is 29.3 Å². The van der Waals surface area contributed by atoms with Crippen molar-refractivity contribution in [2.45, 2.75) is 46.1 Å². The van der Waals surface area contributed by atoms with Gasteiger partial charge in [0.2, 0.25) is 0 Å². The third kappa shape index (κ3) is 1.25. The zero-order valence-electron chi connectivity index (χ0n) is 11.5. The Morgan fingerprint density at radius 3 is 2.50 bits per heavy atom. The first-order valence-electron chi connectivity index (χ1n) is 7.07. The summed E-state index contributed by atoms with van der Waals surface area (Å²) < 4.78 is 0. The minimum absolute atomic E-state index is 0.0137. The van der Waals surface area contributed by atoms with E-state index in [1.54, 1.807) is 0 Å². The monoisotopic (exact) mass is 252 g/mol. The molecular formula is C15H24O3. The molecule has 3 nitrogen and oxygen atoms in total. The number of carbonyl (C=O) groups is 1. The van der Waals surface area contributed by atoms with Crippen molar-refractivity contribution < 1.29 is 15.0 Å². The minimum Gasteiger partial charge on any atom is -0.396 e. The molecule has 0 aromatic carbocycles. The lowest BCUT2D eigenvalue weighted by Crippen LogP contribution is -2.48. The lowest BCUT2D eigenvalue weighted by molar-refractivity contribution is -0.129. The van der Waals surface area contributed by atoms with Crippen LogP contribution in [0.25, 0.3) is 0 Å². The maximum atomic E-state index is 11.6. The standard InChI is InChI=1S/C15H24O3/c1-13(2)4-9-10(5-13)14(3)7-15(14,8-17)11(6-16)12(9)18/h8-12,16,18H,4-7H2,1-3H3/t9-,10+,11+,12+,14-,15-/m1/s1. The maximum Gasteiger partial charge on any atom is 0.127 e. The predicted molar refractivity (Wildman–Crippen MR) is 67.8 cm³/mol. The van der Waals surface area contributed by atoms with Crippen LogP contribution in [0.2, 0.25) is 0 Å². The molecule has 3 aliphatic rings. The summed E-state index contributed by atoms with van der Waals surface area (Å²) in [5.41, 5.74) is -0.191. The molecule has 0 aromatic heterocycles. The summed E-state index contributed by atoms with van der Waals surface area (Å²) in [4.78, 5) is 11.6. The van der Waals surface area contributed by atoms with Crippen molar-refractivity contribution in [2.24, 2.45) is 34.0 Å². The zero-order chi connectivity index (χ0) is 13.3. The van der Waals surface area contributed by atoms with Gasteiger partial charge in [-0.25, -0.2) is 0 Å². The van der Waals surface area contributed by atoms with Crippen LogP contribution in [0.1, 0.15) is 40.0 Å². The van der Waals surface area contributed by atoms with Gasteiger partial charge >= 0.3 is 0 Å². The van der Waals surface area contributed by atoms with Crippen molar-refractivity contribution in [1.82, 2.24) is 0 Å². The second-order valence-corrected chi connectivity index (χ2v) is 7.87. The third-order valence-electron chi connectivity index (χ3n) is 6.41. The highest BCUT2D eigenvalue weighted by atomic mass is 16.3. The number of aldehydes is 1. The van der Waals surface area contributed by atoms with Crippen LogP contribution < -0.4 is 0 Å². The predicted octanol–water partition coefficient (Wildman–Crippen LogP) is 1.62. The van der Waals surface area contributed by atoms with Crippen LogP contribution in [0.15, 0.2) is 0 Å². The summed E-state index contributed by atoms with van der Waals surface area (Å²) in [7, 11) is 0. The van der Waals surface area contributed by atoms with E-state index >= 15 is 0 Å². The SMILES string of the molecule is CC1(C)C[C@H]2[C@H](O)[C@H](CO)[C@]3(C=O)C[C@]3(C)[C@H]2C1. The van der Waals surface area contributed by atoms with E-state index in [4.69, 9.17) is 0 Å². The normalized spacial score (nSPS) is 56.7. The van der Waals surface area contributed by atoms with E-state index in [9.17, 15) is 15.0 Å². The fraction of sp³-hybridized carbons (Fsp3) is 0.933. The smallest absolute Gasteiger partial charge is 0.127 e. The Hall–Kier alpha value is -0.410. The molecule has 2 N–H and O–H groups in total. The van der Waals surface area contributed by atoms with Crippen molar-refractivity contribution in [3.8, 4) is 0 Å². The highest BCUT2D eigenvalue weighted by Crippen LogP contribution is 2.78. The number of hydrogen-bond donors (Lipinski definition) is 2. The second kappa shape index (κ2) is 3.37. The molecule has 0 amide bonds. The van der Waals surface area contributed by atoms with Gasteiger partial charge in [-0.15, -0.1) is 0 Å². The van der Waals surface area contributed by atoms with Gasteiger partial charge in [-0.1, -0.05) is 20.8 Å². The van der Waals surface area contributed by atoms with Gasteiger partial charge in [0.25, 0.3) is 0 Å². The Morgan fingerprint density at radius 1 is 1.28 bits per heavy atom. The number of aliphatic hydroxyl groups excluding tert-OH is 2. The number of carbonyl (C=O) groups excluding carboxylic acids is 1. The zero-order valence-corrected chi connectivity index (χ0v) is 11.5. The van der Waals surface area contributed by atoms with Crippen LogP contribution in [0.5, 0.6) is 0 Å². The summed E-state index contributed by atoms with van der Waals surface area (Å²) in [6.45, 7) is 6.62. The van der Waals surface area contributed by atoms with Gasteiger partial charge in [0.05, 0.1) is 6.10 Å². The first-order chi connectivity index (χ1) is 8.31. The first-order valence-corrected chi connectivity index (χ1v) is 7.07. The molecule has 3 fully saturated rings. The summed E-state index contributed by atoms with van der Waals surface area (Å²) in [6, 6.07) is 0. The molecule has 0 heterocycles. The van der Waals surface area contributed by atoms with Crippen molar-refractivity contribution in [3.05, 3.63) is 0 Å². The molecule has 0 aliphatic heterocycles. The number of fused-ring (bicyclic) bond motifs is 3. The van der Waals surface area contributed by atoms with Crippen LogP contribution in [0.3, 0.4) is 0 Å². The van der Waals surface area contributed by atoms with Crippen molar-refractivity contribution >= 4 is 6.29 Å². The number of hydrogen-bond acceptors (Lipinski definition) is 3. The topological polar surface area (TPSA) is 57.5 Å². The van der Waals surface area contributed by atoms with E-state index in [1.165, 1.54) is 0 Å². The van der Waals surface area contributed by atoms with Crippen LogP contribution in [0, 0.1) is 34.0 Å². The molecule has 0 bridgehead atoms. The van der Waals surface area contributed by atoms with Gasteiger partial charge in [-0.05, 0) is 41.9 Å². The molecule has 0 saturated heterocycles. The molecule has 0 unspecified atom stereocenters. The second-order valence-electron chi connectivity index (χ2n) is 7.87. The lowest BCUT2D eigenvalue weighted by Gasteiger charge is -2.43. The van der Waals surface area contributed by atoms with Crippen molar-refractivity contribution in [3.63, 3.8) is 0 Å². The van der Waals surface area contributed by atoms with E-state index < -0.39 is 11.5 Å². The van der Waals surface area contributed by atoms with Crippen LogP contribution in [0.4, 0.5) is 0 Å². The average molecular weight is 252 g/mol. The highest BCUT2D eigenvalue weighted by molar-refractivity contribution is 5.68. The van der Waals surface area contributed by atoms with E-state index in [2.05, 4.69) is 20.8 Å². The Labute approximate surface area is 109 Å². The quantitative estimate of drug-likeness (QED) is 0.734. The summed E-state index contributed by atoms with van der Waals surface area (Å²) >= 11 is 0. The molecule has 18 heavy (non-hydrogen) atoms. The fourth-order valence-electron chi connectivity index (χ4n) is 5.40. The molecule has 0 aromatic rings. The molecule has 3 heteroatoms. The maximum absolute atomic E-state index is 11.6. The first kappa shape index (κ1) is 12.6. The van der Waals surface area contributed by atoms with Crippen LogP contribution >= 0.6 is 0 Å². The van der Waals surface area contributed by atoms with Crippen LogP contribution in [-0.4, -0.2) is 29.2 Å². The fourth-order valence-corrected chi connectivity index (χ4v) is 5.40. The largest absolute Gasteiger partial charge is 0.396 e. The average Bonchev–Trinajstić information content (AvgIpc) is 2.77. The molecule has 0 spiro atoms. The highest BCUT2D eigenvalue weighted by Gasteiger charge is 2.77. The molecule has 3 rings (SSSR count). The summed E-state index contributed by atoms with van der Waals surface area (Å²) in [5.74, 6) is 0.448. The number of rotatable bonds is 2. The van der Waals surface area contributed by atoms with Gasteiger partial charge in [0.1, 0.15) is 6.29 Å². The molecule has 3 saturated carbocycles. The summed E-state index contributed by atoms with van der Waals surface area (Å²) in [6.07, 6.45) is 3.48. The number of aliphatic hydroxyl groups is 2. The van der Waals surface area contributed by atoms with Gasteiger partial charge in [-0.3, -0.25) is 0 Å². The Bertz CT molecular complexity index is 391. The van der Waals surface area contributed by atoms with Gasteiger partial charge in [0, 0.05) is 17.9 Å². The van der Waals surface area contributed by atoms with Crippen molar-refractivity contribution in [1.29, 1.82) is 0 Å². The summed E-state index contributed by atoms with van der Waals surface area (Å²) in [5, 5.41) is 20.2. The lowest BCUT2D eigenvalue weighted by atomic mass is 9.62.